The van der Waals surface area contributed by atoms with Gasteiger partial charge in [0.2, 0.25) is 0 Å². The van der Waals surface area contributed by atoms with Gasteiger partial charge in [-0.15, -0.1) is 0 Å². The fourth-order valence-corrected chi connectivity index (χ4v) is 2.69. The number of piperidine rings is 1. The van der Waals surface area contributed by atoms with Crippen LogP contribution in [0.1, 0.15) is 38.2 Å². The molecule has 0 spiro atoms. The number of benzene rings is 1. The summed E-state index contributed by atoms with van der Waals surface area (Å²) >= 11 is 0. The number of halogens is 1. The maximum atomic E-state index is 12.8. The summed E-state index contributed by atoms with van der Waals surface area (Å²) in [6.07, 6.45) is 4.12. The monoisotopic (exact) mass is 263 g/mol. The number of likely N-dealkylation sites (tertiary alicyclic amines) is 1. The standard InChI is InChI=1S/C16H22FNO/c1-13(19)2-3-14-8-10-18(11-9-14)12-15-4-6-16(17)7-5-15/h4-7,14H,2-3,8-12H2,1H3. The molecule has 0 N–H and O–H groups in total. The summed E-state index contributed by atoms with van der Waals surface area (Å²) in [5.74, 6) is 0.828. The Balaban J connectivity index is 1.74. The molecule has 0 aromatic heterocycles. The number of hydrogen-bond acceptors (Lipinski definition) is 2. The first-order chi connectivity index (χ1) is 9.13. The van der Waals surface area contributed by atoms with Crippen LogP contribution in [0.25, 0.3) is 0 Å². The van der Waals surface area contributed by atoms with Crippen molar-refractivity contribution >= 4 is 5.78 Å². The molecule has 0 unspecified atom stereocenters. The second kappa shape index (κ2) is 6.80. The minimum atomic E-state index is -0.174. The summed E-state index contributed by atoms with van der Waals surface area (Å²) in [4.78, 5) is 13.4. The van der Waals surface area contributed by atoms with Crippen molar-refractivity contribution in [2.45, 2.75) is 39.2 Å². The minimum absolute atomic E-state index is 0.174. The minimum Gasteiger partial charge on any atom is -0.300 e. The van der Waals surface area contributed by atoms with Gasteiger partial charge in [0, 0.05) is 13.0 Å². The molecule has 3 heteroatoms. The predicted octanol–water partition coefficient (Wildman–Crippen LogP) is 3.41. The van der Waals surface area contributed by atoms with Crippen molar-refractivity contribution in [3.05, 3.63) is 35.6 Å². The normalized spacial score (nSPS) is 17.6. The summed E-state index contributed by atoms with van der Waals surface area (Å²) in [7, 11) is 0. The quantitative estimate of drug-likeness (QED) is 0.811. The lowest BCUT2D eigenvalue weighted by Crippen LogP contribution is -2.33. The highest BCUT2D eigenvalue weighted by Crippen LogP contribution is 2.23. The number of rotatable bonds is 5. The largest absolute Gasteiger partial charge is 0.300 e. The molecule has 1 aromatic carbocycles. The molecule has 0 saturated carbocycles. The number of carbonyl (C=O) groups excluding carboxylic acids is 1. The predicted molar refractivity (Wildman–Crippen MR) is 74.3 cm³/mol. The number of ketones is 1. The molecule has 0 atom stereocenters. The summed E-state index contributed by atoms with van der Waals surface area (Å²) in [5.41, 5.74) is 1.17. The van der Waals surface area contributed by atoms with E-state index in [9.17, 15) is 9.18 Å². The van der Waals surface area contributed by atoms with E-state index < -0.39 is 0 Å². The van der Waals surface area contributed by atoms with Crippen molar-refractivity contribution in [3.63, 3.8) is 0 Å². The van der Waals surface area contributed by atoms with E-state index in [4.69, 9.17) is 0 Å². The first-order valence-corrected chi connectivity index (χ1v) is 7.10. The van der Waals surface area contributed by atoms with Crippen LogP contribution in [0.15, 0.2) is 24.3 Å². The molecule has 1 heterocycles. The third-order valence-corrected chi connectivity index (χ3v) is 3.93. The Labute approximate surface area is 114 Å². The first-order valence-electron chi connectivity index (χ1n) is 7.10. The van der Waals surface area contributed by atoms with E-state index >= 15 is 0 Å². The highest BCUT2D eigenvalue weighted by molar-refractivity contribution is 5.75. The first kappa shape index (κ1) is 14.2. The second-order valence-electron chi connectivity index (χ2n) is 5.59. The summed E-state index contributed by atoms with van der Waals surface area (Å²) in [6.45, 7) is 4.74. The zero-order valence-electron chi connectivity index (χ0n) is 11.6. The van der Waals surface area contributed by atoms with Crippen LogP contribution in [0.2, 0.25) is 0 Å². The maximum absolute atomic E-state index is 12.8. The van der Waals surface area contributed by atoms with Crippen molar-refractivity contribution < 1.29 is 9.18 Å². The molecule has 0 bridgehead atoms. The lowest BCUT2D eigenvalue weighted by molar-refractivity contribution is -0.117. The van der Waals surface area contributed by atoms with Crippen LogP contribution < -0.4 is 0 Å². The molecule has 2 nitrogen and oxygen atoms in total. The molecule has 1 aromatic rings. The van der Waals surface area contributed by atoms with Gasteiger partial charge in [-0.3, -0.25) is 4.90 Å². The van der Waals surface area contributed by atoms with Gasteiger partial charge in [-0.25, -0.2) is 4.39 Å². The van der Waals surface area contributed by atoms with Gasteiger partial charge < -0.3 is 4.79 Å². The van der Waals surface area contributed by atoms with Crippen molar-refractivity contribution in [1.82, 2.24) is 4.90 Å². The van der Waals surface area contributed by atoms with Gasteiger partial charge in [-0.2, -0.15) is 0 Å². The molecule has 1 saturated heterocycles. The molecule has 0 aliphatic carbocycles. The zero-order valence-corrected chi connectivity index (χ0v) is 11.6. The van der Waals surface area contributed by atoms with Gasteiger partial charge in [0.15, 0.2) is 0 Å². The van der Waals surface area contributed by atoms with E-state index in [0.717, 1.165) is 32.5 Å². The fraction of sp³-hybridized carbons (Fsp3) is 0.562. The number of carbonyl (C=O) groups is 1. The lowest BCUT2D eigenvalue weighted by atomic mass is 9.91. The molecule has 104 valence electrons. The third-order valence-electron chi connectivity index (χ3n) is 3.93. The van der Waals surface area contributed by atoms with Crippen molar-refractivity contribution in [2.75, 3.05) is 13.1 Å². The fourth-order valence-electron chi connectivity index (χ4n) is 2.69. The van der Waals surface area contributed by atoms with Crippen LogP contribution in [0, 0.1) is 11.7 Å². The van der Waals surface area contributed by atoms with Gasteiger partial charge in [0.05, 0.1) is 0 Å². The Bertz CT molecular complexity index is 407. The zero-order chi connectivity index (χ0) is 13.7. The topological polar surface area (TPSA) is 20.3 Å². The van der Waals surface area contributed by atoms with Crippen molar-refractivity contribution in [1.29, 1.82) is 0 Å². The molecule has 1 fully saturated rings. The van der Waals surface area contributed by atoms with Gasteiger partial charge >= 0.3 is 0 Å². The van der Waals surface area contributed by atoms with Crippen LogP contribution in [0.5, 0.6) is 0 Å². The smallest absolute Gasteiger partial charge is 0.129 e. The number of nitrogens with zero attached hydrogens (tertiary/aromatic N) is 1. The van der Waals surface area contributed by atoms with Crippen LogP contribution in [0.3, 0.4) is 0 Å². The Kier molecular flexibility index (Phi) is 5.08. The second-order valence-corrected chi connectivity index (χ2v) is 5.59. The molecule has 19 heavy (non-hydrogen) atoms. The van der Waals surface area contributed by atoms with Crippen LogP contribution in [-0.2, 0) is 11.3 Å². The van der Waals surface area contributed by atoms with E-state index in [-0.39, 0.29) is 5.82 Å². The van der Waals surface area contributed by atoms with Gasteiger partial charge in [0.1, 0.15) is 11.6 Å². The van der Waals surface area contributed by atoms with Gasteiger partial charge in [-0.05, 0) is 62.9 Å². The maximum Gasteiger partial charge on any atom is 0.129 e. The SMILES string of the molecule is CC(=O)CCC1CCN(Cc2ccc(F)cc2)CC1. The van der Waals surface area contributed by atoms with Crippen LogP contribution in [0.4, 0.5) is 4.39 Å². The Morgan fingerprint density at radius 3 is 2.47 bits per heavy atom. The molecular formula is C16H22FNO. The van der Waals surface area contributed by atoms with Crippen LogP contribution >= 0.6 is 0 Å². The number of Topliss-reactive ketones (excluding diaryl/α,β-unsaturated/α-hetero) is 1. The van der Waals surface area contributed by atoms with Crippen LogP contribution in [-0.4, -0.2) is 23.8 Å². The molecule has 0 amide bonds. The molecule has 2 rings (SSSR count). The molecule has 1 aliphatic rings. The van der Waals surface area contributed by atoms with Gasteiger partial charge in [0.25, 0.3) is 0 Å². The average Bonchev–Trinajstić information content (AvgIpc) is 2.40. The van der Waals surface area contributed by atoms with E-state index in [1.807, 2.05) is 12.1 Å². The highest BCUT2D eigenvalue weighted by atomic mass is 19.1. The summed E-state index contributed by atoms with van der Waals surface area (Å²) in [6, 6.07) is 6.76. The summed E-state index contributed by atoms with van der Waals surface area (Å²) in [5, 5.41) is 0. The van der Waals surface area contributed by atoms with Gasteiger partial charge in [-0.1, -0.05) is 12.1 Å². The highest BCUT2D eigenvalue weighted by Gasteiger charge is 2.19. The Morgan fingerprint density at radius 2 is 1.89 bits per heavy atom. The third kappa shape index (κ3) is 4.75. The lowest BCUT2D eigenvalue weighted by Gasteiger charge is -2.31. The van der Waals surface area contributed by atoms with Crippen molar-refractivity contribution in [3.8, 4) is 0 Å². The average molecular weight is 263 g/mol. The Morgan fingerprint density at radius 1 is 1.26 bits per heavy atom. The Hall–Kier alpha value is -1.22. The number of hydrogen-bond donors (Lipinski definition) is 0. The van der Waals surface area contributed by atoms with E-state index in [1.54, 1.807) is 6.92 Å². The molecule has 1 aliphatic heterocycles. The molecule has 0 radical (unpaired) electrons. The summed E-state index contributed by atoms with van der Waals surface area (Å²) < 4.78 is 12.8. The van der Waals surface area contributed by atoms with E-state index in [0.29, 0.717) is 11.7 Å². The molecular weight excluding hydrogens is 241 g/mol. The van der Waals surface area contributed by atoms with Crippen molar-refractivity contribution in [2.24, 2.45) is 5.92 Å². The van der Waals surface area contributed by atoms with E-state index in [2.05, 4.69) is 4.90 Å². The van der Waals surface area contributed by atoms with E-state index in [1.165, 1.54) is 30.5 Å².